The molecule has 0 unspecified atom stereocenters. The lowest BCUT2D eigenvalue weighted by atomic mass is 9.47. The van der Waals surface area contributed by atoms with E-state index in [0.717, 1.165) is 30.6 Å². The van der Waals surface area contributed by atoms with Gasteiger partial charge in [-0.05, 0) is 79.6 Å². The van der Waals surface area contributed by atoms with Crippen LogP contribution < -0.4 is 0 Å². The van der Waals surface area contributed by atoms with E-state index in [1.54, 1.807) is 0 Å². The van der Waals surface area contributed by atoms with Gasteiger partial charge in [-0.2, -0.15) is 0 Å². The summed E-state index contributed by atoms with van der Waals surface area (Å²) in [6.45, 7) is 5.05. The highest BCUT2D eigenvalue weighted by Gasteiger charge is 2.55. The zero-order valence-electron chi connectivity index (χ0n) is 13.1. The highest BCUT2D eigenvalue weighted by Crippen LogP contribution is 2.65. The van der Waals surface area contributed by atoms with Crippen molar-refractivity contribution in [2.45, 2.75) is 71.6 Å². The number of hydrogen-bond donors (Lipinski definition) is 0. The number of allylic oxidation sites excluding steroid dienone is 1. The maximum atomic E-state index is 11.8. The summed E-state index contributed by atoms with van der Waals surface area (Å²) >= 11 is 0. The van der Waals surface area contributed by atoms with Crippen LogP contribution in [0.4, 0.5) is 0 Å². The molecule has 20 heavy (non-hydrogen) atoms. The SMILES string of the molecule is C[C@@]12CCC[C@H]1[C@@H]1CCC3=CC(=O)CC[C@]3(C)[C@@H]1CC2. The van der Waals surface area contributed by atoms with Crippen LogP contribution in [0.1, 0.15) is 71.6 Å². The van der Waals surface area contributed by atoms with E-state index in [2.05, 4.69) is 13.8 Å². The molecule has 0 spiro atoms. The van der Waals surface area contributed by atoms with Crippen molar-refractivity contribution in [2.24, 2.45) is 28.6 Å². The van der Waals surface area contributed by atoms with Crippen LogP contribution in [0, 0.1) is 28.6 Å². The standard InChI is InChI=1S/C19H28O/c1-18-9-3-4-16(18)15-6-5-13-12-14(20)7-11-19(13,2)17(15)8-10-18/h12,15-17H,3-11H2,1-2H3/t15-,16-,17+,18-,19-/m0/s1. The first-order chi connectivity index (χ1) is 9.53. The van der Waals surface area contributed by atoms with Crippen molar-refractivity contribution in [3.63, 3.8) is 0 Å². The Labute approximate surface area is 123 Å². The molecule has 3 fully saturated rings. The number of ketones is 1. The molecule has 0 N–H and O–H groups in total. The van der Waals surface area contributed by atoms with Crippen LogP contribution in [0.3, 0.4) is 0 Å². The molecule has 0 aromatic heterocycles. The summed E-state index contributed by atoms with van der Waals surface area (Å²) in [7, 11) is 0. The van der Waals surface area contributed by atoms with Gasteiger partial charge in [-0.15, -0.1) is 0 Å². The molecule has 3 saturated carbocycles. The van der Waals surface area contributed by atoms with E-state index in [9.17, 15) is 4.79 Å². The van der Waals surface area contributed by atoms with Gasteiger partial charge in [0.25, 0.3) is 0 Å². The van der Waals surface area contributed by atoms with Crippen molar-refractivity contribution in [1.82, 2.24) is 0 Å². The molecule has 4 aliphatic rings. The first-order valence-electron chi connectivity index (χ1n) is 8.77. The van der Waals surface area contributed by atoms with Crippen molar-refractivity contribution < 1.29 is 4.79 Å². The highest BCUT2D eigenvalue weighted by atomic mass is 16.1. The molecule has 4 aliphatic carbocycles. The van der Waals surface area contributed by atoms with Crippen molar-refractivity contribution in [3.05, 3.63) is 11.6 Å². The molecule has 0 aliphatic heterocycles. The number of hydrogen-bond acceptors (Lipinski definition) is 1. The second-order valence-corrected chi connectivity index (χ2v) is 8.55. The van der Waals surface area contributed by atoms with Crippen LogP contribution in [0.15, 0.2) is 11.6 Å². The van der Waals surface area contributed by atoms with Gasteiger partial charge in [-0.25, -0.2) is 0 Å². The molecule has 110 valence electrons. The maximum absolute atomic E-state index is 11.8. The minimum Gasteiger partial charge on any atom is -0.295 e. The van der Waals surface area contributed by atoms with Crippen LogP contribution in [-0.4, -0.2) is 5.78 Å². The second kappa shape index (κ2) is 4.21. The van der Waals surface area contributed by atoms with Gasteiger partial charge < -0.3 is 0 Å². The normalized spacial score (nSPS) is 51.0. The lowest BCUT2D eigenvalue weighted by Gasteiger charge is -2.57. The quantitative estimate of drug-likeness (QED) is 0.612. The number of carbonyl (C=O) groups excluding carboxylic acids is 1. The molecule has 0 heterocycles. The third kappa shape index (κ3) is 1.64. The van der Waals surface area contributed by atoms with E-state index in [1.165, 1.54) is 50.5 Å². The minimum atomic E-state index is 0.362. The monoisotopic (exact) mass is 272 g/mol. The largest absolute Gasteiger partial charge is 0.295 e. The molecular formula is C19H28O. The van der Waals surface area contributed by atoms with Gasteiger partial charge in [-0.3, -0.25) is 4.79 Å². The van der Waals surface area contributed by atoms with Gasteiger partial charge in [0.05, 0.1) is 0 Å². The van der Waals surface area contributed by atoms with Crippen LogP contribution in [-0.2, 0) is 4.79 Å². The zero-order valence-corrected chi connectivity index (χ0v) is 13.1. The van der Waals surface area contributed by atoms with E-state index < -0.39 is 0 Å². The maximum Gasteiger partial charge on any atom is 0.155 e. The summed E-state index contributed by atoms with van der Waals surface area (Å²) in [6, 6.07) is 0. The number of fused-ring (bicyclic) bond motifs is 5. The minimum absolute atomic E-state index is 0.362. The van der Waals surface area contributed by atoms with E-state index in [-0.39, 0.29) is 0 Å². The highest BCUT2D eigenvalue weighted by molar-refractivity contribution is 5.91. The Kier molecular flexibility index (Phi) is 2.76. The topological polar surface area (TPSA) is 17.1 Å². The predicted octanol–water partition coefficient (Wildman–Crippen LogP) is 4.91. The van der Waals surface area contributed by atoms with Crippen LogP contribution in [0.2, 0.25) is 0 Å². The fraction of sp³-hybridized carbons (Fsp3) is 0.842. The van der Waals surface area contributed by atoms with Gasteiger partial charge >= 0.3 is 0 Å². The third-order valence-electron chi connectivity index (χ3n) is 7.74. The fourth-order valence-electron chi connectivity index (χ4n) is 6.55. The van der Waals surface area contributed by atoms with Crippen LogP contribution in [0.25, 0.3) is 0 Å². The Morgan fingerprint density at radius 3 is 2.70 bits per heavy atom. The summed E-state index contributed by atoms with van der Waals surface area (Å²) in [5.74, 6) is 3.19. The Morgan fingerprint density at radius 1 is 1.00 bits per heavy atom. The average molecular weight is 272 g/mol. The summed E-state index contributed by atoms with van der Waals surface area (Å²) in [4.78, 5) is 11.8. The van der Waals surface area contributed by atoms with Crippen molar-refractivity contribution in [3.8, 4) is 0 Å². The van der Waals surface area contributed by atoms with E-state index in [0.29, 0.717) is 16.6 Å². The van der Waals surface area contributed by atoms with E-state index >= 15 is 0 Å². The van der Waals surface area contributed by atoms with Crippen LogP contribution >= 0.6 is 0 Å². The first-order valence-corrected chi connectivity index (χ1v) is 8.77. The summed E-state index contributed by atoms with van der Waals surface area (Å²) in [6.07, 6.45) is 13.8. The number of carbonyl (C=O) groups is 1. The van der Waals surface area contributed by atoms with Crippen molar-refractivity contribution in [2.75, 3.05) is 0 Å². The molecule has 0 bridgehead atoms. The van der Waals surface area contributed by atoms with Crippen molar-refractivity contribution >= 4 is 5.78 Å². The molecule has 0 radical (unpaired) electrons. The molecule has 1 nitrogen and oxygen atoms in total. The molecule has 5 atom stereocenters. The Hall–Kier alpha value is -0.590. The van der Waals surface area contributed by atoms with Gasteiger partial charge in [0.1, 0.15) is 0 Å². The van der Waals surface area contributed by atoms with Gasteiger partial charge in [0.2, 0.25) is 0 Å². The summed E-state index contributed by atoms with van der Waals surface area (Å²) in [5.41, 5.74) is 2.53. The predicted molar refractivity (Wildman–Crippen MR) is 81.3 cm³/mol. The average Bonchev–Trinajstić information content (AvgIpc) is 2.81. The lowest BCUT2D eigenvalue weighted by molar-refractivity contribution is -0.117. The first kappa shape index (κ1) is 13.1. The summed E-state index contributed by atoms with van der Waals surface area (Å²) < 4.78 is 0. The van der Waals surface area contributed by atoms with E-state index in [1.807, 2.05) is 6.08 Å². The lowest BCUT2D eigenvalue weighted by Crippen LogP contribution is -2.49. The molecule has 0 amide bonds. The van der Waals surface area contributed by atoms with E-state index in [4.69, 9.17) is 0 Å². The Balaban J connectivity index is 1.69. The third-order valence-corrected chi connectivity index (χ3v) is 7.74. The Morgan fingerprint density at radius 2 is 1.85 bits per heavy atom. The molecule has 4 rings (SSSR count). The second-order valence-electron chi connectivity index (χ2n) is 8.55. The molecule has 1 heteroatoms. The number of rotatable bonds is 0. The fourth-order valence-corrected chi connectivity index (χ4v) is 6.55. The molecule has 0 saturated heterocycles. The smallest absolute Gasteiger partial charge is 0.155 e. The van der Waals surface area contributed by atoms with Gasteiger partial charge in [0, 0.05) is 6.42 Å². The zero-order chi connectivity index (χ0) is 14.0. The van der Waals surface area contributed by atoms with Crippen LogP contribution in [0.5, 0.6) is 0 Å². The Bertz CT molecular complexity index is 476. The van der Waals surface area contributed by atoms with Gasteiger partial charge in [-0.1, -0.05) is 25.8 Å². The van der Waals surface area contributed by atoms with Gasteiger partial charge in [0.15, 0.2) is 5.78 Å². The molecule has 0 aromatic rings. The van der Waals surface area contributed by atoms with Crippen molar-refractivity contribution in [1.29, 1.82) is 0 Å². The molecule has 0 aromatic carbocycles. The summed E-state index contributed by atoms with van der Waals surface area (Å²) in [5, 5.41) is 0. The molecular weight excluding hydrogens is 244 g/mol.